The Morgan fingerprint density at radius 2 is 1.86 bits per heavy atom. The summed E-state index contributed by atoms with van der Waals surface area (Å²) in [6.45, 7) is 8.97. The van der Waals surface area contributed by atoms with Crippen LogP contribution in [0.3, 0.4) is 0 Å². The Morgan fingerprint density at radius 3 is 2.64 bits per heavy atom. The molecule has 2 amide bonds. The number of hydrogen-bond donors (Lipinski definition) is 1. The normalized spacial score (nSPS) is 18.4. The van der Waals surface area contributed by atoms with Crippen LogP contribution in [-0.4, -0.2) is 63.1 Å². The number of carbonyl (C=O) groups is 2. The van der Waals surface area contributed by atoms with Gasteiger partial charge in [0.1, 0.15) is 5.65 Å². The number of imide groups is 1. The SMILES string of the molecule is CCCCCCN1CCN(Cc2cccc(-c3cnc4ccc(/C=C5\SC(=O)NC5=O)cn34)c2)CC1. The van der Waals surface area contributed by atoms with Crippen molar-refractivity contribution in [2.24, 2.45) is 0 Å². The predicted molar refractivity (Wildman–Crippen MR) is 146 cm³/mol. The number of hydrogen-bond acceptors (Lipinski definition) is 6. The van der Waals surface area contributed by atoms with Crippen molar-refractivity contribution in [3.05, 3.63) is 64.8 Å². The Morgan fingerprint density at radius 1 is 1.03 bits per heavy atom. The van der Waals surface area contributed by atoms with Gasteiger partial charge < -0.3 is 4.90 Å². The highest BCUT2D eigenvalue weighted by Crippen LogP contribution is 2.27. The number of rotatable bonds is 9. The van der Waals surface area contributed by atoms with Gasteiger partial charge >= 0.3 is 0 Å². The minimum atomic E-state index is -0.346. The van der Waals surface area contributed by atoms with E-state index >= 15 is 0 Å². The Hall–Kier alpha value is -2.94. The summed E-state index contributed by atoms with van der Waals surface area (Å²) in [5.74, 6) is -0.346. The third kappa shape index (κ3) is 5.88. The largest absolute Gasteiger partial charge is 0.301 e. The molecule has 1 aromatic carbocycles. The highest BCUT2D eigenvalue weighted by molar-refractivity contribution is 8.18. The van der Waals surface area contributed by atoms with E-state index in [0.717, 1.165) is 67.0 Å². The molecule has 1 N–H and O–H groups in total. The molecule has 0 saturated carbocycles. The molecule has 4 heterocycles. The fourth-order valence-electron chi connectivity index (χ4n) is 4.89. The summed E-state index contributed by atoms with van der Waals surface area (Å²) in [5, 5.41) is 1.97. The van der Waals surface area contributed by atoms with Gasteiger partial charge in [-0.15, -0.1) is 0 Å². The standard InChI is InChI=1S/C28H33N5O2S/c1-2-3-4-5-11-31-12-14-32(15-13-31)19-21-7-6-8-23(16-21)24-18-29-26-10-9-22(20-33(24)26)17-25-27(34)30-28(35)36-25/h6-10,16-18,20H,2-5,11-15,19H2,1H3,(H,30,34,35)/b25-17-. The Balaban J connectivity index is 1.26. The second-order valence-electron chi connectivity index (χ2n) is 9.57. The van der Waals surface area contributed by atoms with E-state index in [0.29, 0.717) is 4.91 Å². The number of imidazole rings is 1. The minimum absolute atomic E-state index is 0.333. The van der Waals surface area contributed by atoms with Gasteiger partial charge in [0.05, 0.1) is 16.8 Å². The number of aromatic nitrogens is 2. The average molecular weight is 504 g/mol. The lowest BCUT2D eigenvalue weighted by atomic mass is 10.1. The molecule has 3 aromatic rings. The lowest BCUT2D eigenvalue weighted by molar-refractivity contribution is -0.115. The number of thioether (sulfide) groups is 1. The van der Waals surface area contributed by atoms with E-state index in [1.54, 1.807) is 6.08 Å². The molecule has 0 aliphatic carbocycles. The zero-order valence-corrected chi connectivity index (χ0v) is 21.6. The zero-order chi connectivity index (χ0) is 24.9. The third-order valence-corrected chi connectivity index (χ3v) is 7.70. The number of nitrogens with zero attached hydrogens (tertiary/aromatic N) is 4. The molecule has 36 heavy (non-hydrogen) atoms. The van der Waals surface area contributed by atoms with Crippen LogP contribution in [0.25, 0.3) is 23.0 Å². The van der Waals surface area contributed by atoms with E-state index < -0.39 is 0 Å². The lowest BCUT2D eigenvalue weighted by Gasteiger charge is -2.34. The molecule has 0 unspecified atom stereocenters. The number of carbonyl (C=O) groups excluding carboxylic acids is 2. The van der Waals surface area contributed by atoms with Gasteiger partial charge in [-0.3, -0.25) is 24.2 Å². The third-order valence-electron chi connectivity index (χ3n) is 6.89. The molecular formula is C28H33N5O2S. The van der Waals surface area contributed by atoms with E-state index in [1.165, 1.54) is 37.8 Å². The minimum Gasteiger partial charge on any atom is -0.301 e. The molecule has 2 aliphatic rings. The van der Waals surface area contributed by atoms with E-state index in [4.69, 9.17) is 0 Å². The van der Waals surface area contributed by atoms with Crippen molar-refractivity contribution in [3.8, 4) is 11.3 Å². The number of fused-ring (bicyclic) bond motifs is 1. The Kier molecular flexibility index (Phi) is 7.84. The van der Waals surface area contributed by atoms with Crippen LogP contribution in [0, 0.1) is 0 Å². The first-order valence-electron chi connectivity index (χ1n) is 12.8. The van der Waals surface area contributed by atoms with Crippen LogP contribution in [0.2, 0.25) is 0 Å². The molecule has 2 aromatic heterocycles. The van der Waals surface area contributed by atoms with Crippen molar-refractivity contribution in [3.63, 3.8) is 0 Å². The molecule has 8 heteroatoms. The summed E-state index contributed by atoms with van der Waals surface area (Å²) < 4.78 is 2.04. The maximum absolute atomic E-state index is 11.9. The first kappa shape index (κ1) is 24.7. The summed E-state index contributed by atoms with van der Waals surface area (Å²) in [6.07, 6.45) is 10.9. The summed E-state index contributed by atoms with van der Waals surface area (Å²) >= 11 is 0.930. The highest BCUT2D eigenvalue weighted by atomic mass is 32.2. The molecule has 2 saturated heterocycles. The van der Waals surface area contributed by atoms with E-state index in [-0.39, 0.29) is 11.1 Å². The van der Waals surface area contributed by atoms with Crippen molar-refractivity contribution in [1.82, 2.24) is 24.5 Å². The molecule has 188 valence electrons. The number of nitrogens with one attached hydrogen (secondary N) is 1. The summed E-state index contributed by atoms with van der Waals surface area (Å²) in [6, 6.07) is 12.5. The van der Waals surface area contributed by atoms with Crippen LogP contribution in [0.1, 0.15) is 43.7 Å². The molecule has 0 spiro atoms. The van der Waals surface area contributed by atoms with E-state index in [1.807, 2.05) is 28.9 Å². The van der Waals surface area contributed by atoms with Gasteiger partial charge in [-0.2, -0.15) is 0 Å². The number of amides is 2. The van der Waals surface area contributed by atoms with Crippen LogP contribution in [0.5, 0.6) is 0 Å². The second kappa shape index (κ2) is 11.4. The van der Waals surface area contributed by atoms with Gasteiger partial charge in [-0.1, -0.05) is 44.4 Å². The zero-order valence-electron chi connectivity index (χ0n) is 20.8. The van der Waals surface area contributed by atoms with Gasteiger partial charge in [-0.25, -0.2) is 4.98 Å². The van der Waals surface area contributed by atoms with Crippen molar-refractivity contribution in [2.45, 2.75) is 39.2 Å². The van der Waals surface area contributed by atoms with E-state index in [9.17, 15) is 9.59 Å². The summed E-state index contributed by atoms with van der Waals surface area (Å²) in [4.78, 5) is 33.6. The Bertz CT molecular complexity index is 1280. The van der Waals surface area contributed by atoms with Gasteiger partial charge in [0.25, 0.3) is 11.1 Å². The van der Waals surface area contributed by atoms with Crippen LogP contribution in [-0.2, 0) is 11.3 Å². The van der Waals surface area contributed by atoms with Crippen LogP contribution >= 0.6 is 11.8 Å². The van der Waals surface area contributed by atoms with Gasteiger partial charge in [0, 0.05) is 44.5 Å². The fraction of sp³-hybridized carbons (Fsp3) is 0.393. The van der Waals surface area contributed by atoms with Gasteiger partial charge in [0.15, 0.2) is 0 Å². The predicted octanol–water partition coefficient (Wildman–Crippen LogP) is 5.02. The Labute approximate surface area is 216 Å². The summed E-state index contributed by atoms with van der Waals surface area (Å²) in [7, 11) is 0. The fourth-order valence-corrected chi connectivity index (χ4v) is 5.57. The molecular weight excluding hydrogens is 470 g/mol. The topological polar surface area (TPSA) is 69.9 Å². The summed E-state index contributed by atoms with van der Waals surface area (Å²) in [5.41, 5.74) is 5.10. The monoisotopic (exact) mass is 503 g/mol. The first-order valence-corrected chi connectivity index (χ1v) is 13.7. The van der Waals surface area contributed by atoms with Crippen molar-refractivity contribution < 1.29 is 9.59 Å². The van der Waals surface area contributed by atoms with Crippen LogP contribution in [0.4, 0.5) is 4.79 Å². The number of pyridine rings is 1. The average Bonchev–Trinajstić information content (AvgIpc) is 3.44. The molecule has 5 rings (SSSR count). The van der Waals surface area contributed by atoms with Crippen LogP contribution < -0.4 is 5.32 Å². The van der Waals surface area contributed by atoms with Crippen molar-refractivity contribution >= 4 is 34.6 Å². The molecule has 0 atom stereocenters. The van der Waals surface area contributed by atoms with Crippen molar-refractivity contribution in [1.29, 1.82) is 0 Å². The maximum atomic E-state index is 11.9. The van der Waals surface area contributed by atoms with Crippen molar-refractivity contribution in [2.75, 3.05) is 32.7 Å². The van der Waals surface area contributed by atoms with Gasteiger partial charge in [0.2, 0.25) is 0 Å². The number of piperazine rings is 1. The molecule has 7 nitrogen and oxygen atoms in total. The number of unbranched alkanes of at least 4 members (excludes halogenated alkanes) is 3. The van der Waals surface area contributed by atoms with Crippen LogP contribution in [0.15, 0.2) is 53.7 Å². The lowest BCUT2D eigenvalue weighted by Crippen LogP contribution is -2.46. The second-order valence-corrected chi connectivity index (χ2v) is 10.6. The van der Waals surface area contributed by atoms with E-state index in [2.05, 4.69) is 51.3 Å². The molecule has 0 radical (unpaired) electrons. The smallest absolute Gasteiger partial charge is 0.290 e. The molecule has 0 bridgehead atoms. The maximum Gasteiger partial charge on any atom is 0.290 e. The quantitative estimate of drug-likeness (QED) is 0.327. The van der Waals surface area contributed by atoms with Gasteiger partial charge in [-0.05, 0) is 60.1 Å². The number of benzene rings is 1. The molecule has 2 fully saturated rings. The highest BCUT2D eigenvalue weighted by Gasteiger charge is 2.25. The first-order chi connectivity index (χ1) is 17.6. The molecule has 2 aliphatic heterocycles.